The number of para-hydroxylation sites is 2. The molecule has 1 saturated heterocycles. The maximum atomic E-state index is 12.8. The topological polar surface area (TPSA) is 54.4 Å². The monoisotopic (exact) mass is 421 g/mol. The highest BCUT2D eigenvalue weighted by Crippen LogP contribution is 2.39. The lowest BCUT2D eigenvalue weighted by atomic mass is 9.91. The Morgan fingerprint density at radius 3 is 2.65 bits per heavy atom. The van der Waals surface area contributed by atoms with Gasteiger partial charge < -0.3 is 19.3 Å². The highest BCUT2D eigenvalue weighted by Gasteiger charge is 2.32. The van der Waals surface area contributed by atoms with Gasteiger partial charge in [0.15, 0.2) is 5.75 Å². The number of rotatable bonds is 2. The van der Waals surface area contributed by atoms with Crippen molar-refractivity contribution in [3.05, 3.63) is 48.0 Å². The Balaban J connectivity index is 1.66. The number of piperazine rings is 1. The van der Waals surface area contributed by atoms with Gasteiger partial charge in [-0.15, -0.1) is 0 Å². The summed E-state index contributed by atoms with van der Waals surface area (Å²) in [5.74, 6) is 3.32. The van der Waals surface area contributed by atoms with Crippen LogP contribution in [0.15, 0.2) is 47.5 Å². The minimum Gasteiger partial charge on any atom is -0.497 e. The highest BCUT2D eigenvalue weighted by molar-refractivity contribution is 6.04. The molecule has 0 unspecified atom stereocenters. The number of benzene rings is 2. The Morgan fingerprint density at radius 1 is 1.16 bits per heavy atom. The lowest BCUT2D eigenvalue weighted by Crippen LogP contribution is -2.56. The maximum absolute atomic E-state index is 12.8. The number of aliphatic imine (C=N–C) groups is 1. The number of amidine groups is 1. The van der Waals surface area contributed by atoms with E-state index in [1.807, 2.05) is 47.4 Å². The van der Waals surface area contributed by atoms with E-state index < -0.39 is 0 Å². The second-order valence-electron chi connectivity index (χ2n) is 9.49. The van der Waals surface area contributed by atoms with Crippen LogP contribution in [0.2, 0.25) is 0 Å². The molecule has 1 atom stereocenters. The van der Waals surface area contributed by atoms with Crippen molar-refractivity contribution in [3.8, 4) is 17.2 Å². The molecule has 31 heavy (non-hydrogen) atoms. The lowest BCUT2D eigenvalue weighted by molar-refractivity contribution is -0.136. The number of hydrogen-bond acceptors (Lipinski definition) is 5. The summed E-state index contributed by atoms with van der Waals surface area (Å²) in [5, 5.41) is 0. The van der Waals surface area contributed by atoms with Crippen LogP contribution in [0, 0.1) is 5.41 Å². The van der Waals surface area contributed by atoms with Crippen LogP contribution < -0.4 is 9.47 Å². The zero-order valence-electron chi connectivity index (χ0n) is 19.0. The molecule has 4 rings (SSSR count). The van der Waals surface area contributed by atoms with Crippen LogP contribution in [-0.4, -0.2) is 54.3 Å². The molecule has 6 nitrogen and oxygen atoms in total. The summed E-state index contributed by atoms with van der Waals surface area (Å²) in [6.07, 6.45) is 0.555. The SMILES string of the molecule is COc1ccc2c(c1)C(N1CCN(C(=O)CC(C)(C)C)[C@H](C)C1)=Nc1ccccc1O2. The van der Waals surface area contributed by atoms with Crippen molar-refractivity contribution in [1.29, 1.82) is 0 Å². The average molecular weight is 422 g/mol. The smallest absolute Gasteiger partial charge is 0.223 e. The van der Waals surface area contributed by atoms with E-state index in [-0.39, 0.29) is 17.4 Å². The minimum atomic E-state index is -0.0180. The van der Waals surface area contributed by atoms with E-state index >= 15 is 0 Å². The first kappa shape index (κ1) is 21.2. The van der Waals surface area contributed by atoms with Crippen molar-refractivity contribution >= 4 is 17.4 Å². The summed E-state index contributed by atoms with van der Waals surface area (Å²) < 4.78 is 11.7. The van der Waals surface area contributed by atoms with E-state index in [4.69, 9.17) is 14.5 Å². The maximum Gasteiger partial charge on any atom is 0.223 e. The van der Waals surface area contributed by atoms with Crippen LogP contribution in [0.4, 0.5) is 5.69 Å². The fraction of sp³-hybridized carbons (Fsp3) is 0.440. The molecule has 2 aromatic carbocycles. The highest BCUT2D eigenvalue weighted by atomic mass is 16.5. The summed E-state index contributed by atoms with van der Waals surface area (Å²) in [7, 11) is 1.66. The molecular formula is C25H31N3O3. The predicted octanol–water partition coefficient (Wildman–Crippen LogP) is 4.85. The molecule has 2 aliphatic heterocycles. The zero-order chi connectivity index (χ0) is 22.2. The van der Waals surface area contributed by atoms with Gasteiger partial charge in [-0.25, -0.2) is 4.99 Å². The third-order valence-electron chi connectivity index (χ3n) is 5.67. The summed E-state index contributed by atoms with van der Waals surface area (Å²) in [6, 6.07) is 13.7. The van der Waals surface area contributed by atoms with E-state index in [1.54, 1.807) is 7.11 Å². The molecule has 0 saturated carbocycles. The molecule has 0 bridgehead atoms. The van der Waals surface area contributed by atoms with Gasteiger partial charge in [0.05, 0.1) is 12.7 Å². The lowest BCUT2D eigenvalue weighted by Gasteiger charge is -2.42. The normalized spacial score (nSPS) is 18.4. The Hall–Kier alpha value is -3.02. The molecule has 6 heteroatoms. The summed E-state index contributed by atoms with van der Waals surface area (Å²) in [5.41, 5.74) is 1.68. The Labute approximate surface area is 184 Å². The van der Waals surface area contributed by atoms with Gasteiger partial charge in [0.1, 0.15) is 23.0 Å². The van der Waals surface area contributed by atoms with Crippen molar-refractivity contribution < 1.29 is 14.3 Å². The number of fused-ring (bicyclic) bond motifs is 2. The molecule has 0 radical (unpaired) electrons. The Bertz CT molecular complexity index is 1010. The second-order valence-corrected chi connectivity index (χ2v) is 9.49. The van der Waals surface area contributed by atoms with Crippen LogP contribution in [0.3, 0.4) is 0 Å². The molecule has 164 valence electrons. The number of hydrogen-bond donors (Lipinski definition) is 0. The second kappa shape index (κ2) is 8.25. The van der Waals surface area contributed by atoms with Gasteiger partial charge in [0, 0.05) is 32.1 Å². The van der Waals surface area contributed by atoms with Gasteiger partial charge >= 0.3 is 0 Å². The third kappa shape index (κ3) is 4.53. The van der Waals surface area contributed by atoms with Crippen LogP contribution >= 0.6 is 0 Å². The minimum absolute atomic E-state index is 0.0180. The fourth-order valence-electron chi connectivity index (χ4n) is 4.15. The molecule has 0 aromatic heterocycles. The quantitative estimate of drug-likeness (QED) is 0.696. The first-order valence-electron chi connectivity index (χ1n) is 10.8. The van der Waals surface area contributed by atoms with E-state index in [0.29, 0.717) is 19.5 Å². The first-order valence-corrected chi connectivity index (χ1v) is 10.8. The zero-order valence-corrected chi connectivity index (χ0v) is 19.0. The van der Waals surface area contributed by atoms with Gasteiger partial charge in [-0.1, -0.05) is 32.9 Å². The molecule has 0 spiro atoms. The van der Waals surface area contributed by atoms with Crippen LogP contribution in [0.5, 0.6) is 17.2 Å². The van der Waals surface area contributed by atoms with Crippen molar-refractivity contribution in [2.45, 2.75) is 40.2 Å². The first-order chi connectivity index (χ1) is 14.7. The Morgan fingerprint density at radius 2 is 1.94 bits per heavy atom. The van der Waals surface area contributed by atoms with E-state index in [0.717, 1.165) is 40.9 Å². The standard InChI is InChI=1S/C25H31N3O3/c1-17-16-27(12-13-28(17)23(29)15-25(2,3)4)24-19-14-18(30-5)10-11-21(19)31-22-9-7-6-8-20(22)26-24/h6-11,14,17H,12-13,15-16H2,1-5H3/t17-/m1/s1. The average Bonchev–Trinajstić information content (AvgIpc) is 2.88. The van der Waals surface area contributed by atoms with Gasteiger partial charge in [0.25, 0.3) is 0 Å². The van der Waals surface area contributed by atoms with Crippen LogP contribution in [0.1, 0.15) is 39.7 Å². The number of ether oxygens (including phenoxy) is 2. The predicted molar refractivity (Wildman–Crippen MR) is 123 cm³/mol. The van der Waals surface area contributed by atoms with Crippen molar-refractivity contribution in [1.82, 2.24) is 9.80 Å². The molecule has 2 aliphatic rings. The molecule has 2 heterocycles. The number of methoxy groups -OCH3 is 1. The van der Waals surface area contributed by atoms with Gasteiger partial charge in [0.2, 0.25) is 5.91 Å². The van der Waals surface area contributed by atoms with Gasteiger partial charge in [-0.3, -0.25) is 4.79 Å². The summed E-state index contributed by atoms with van der Waals surface area (Å²) in [6.45, 7) is 10.5. The summed E-state index contributed by atoms with van der Waals surface area (Å²) in [4.78, 5) is 22.1. The number of carbonyl (C=O) groups excluding carboxylic acids is 1. The number of amides is 1. The third-order valence-corrected chi connectivity index (χ3v) is 5.67. The number of carbonyl (C=O) groups is 1. The van der Waals surface area contributed by atoms with Crippen molar-refractivity contribution in [2.24, 2.45) is 10.4 Å². The molecule has 0 N–H and O–H groups in total. The Kier molecular flexibility index (Phi) is 5.65. The van der Waals surface area contributed by atoms with E-state index in [9.17, 15) is 4.79 Å². The molecule has 1 amide bonds. The van der Waals surface area contributed by atoms with Crippen LogP contribution in [-0.2, 0) is 4.79 Å². The van der Waals surface area contributed by atoms with Crippen molar-refractivity contribution in [2.75, 3.05) is 26.7 Å². The van der Waals surface area contributed by atoms with E-state index in [2.05, 4.69) is 32.6 Å². The summed E-state index contributed by atoms with van der Waals surface area (Å²) >= 11 is 0. The molecule has 1 fully saturated rings. The van der Waals surface area contributed by atoms with Gasteiger partial charge in [-0.05, 0) is 42.7 Å². The fourth-order valence-corrected chi connectivity index (χ4v) is 4.15. The molecule has 2 aromatic rings. The molecular weight excluding hydrogens is 390 g/mol. The van der Waals surface area contributed by atoms with Crippen LogP contribution in [0.25, 0.3) is 0 Å². The molecule has 0 aliphatic carbocycles. The van der Waals surface area contributed by atoms with Gasteiger partial charge in [-0.2, -0.15) is 0 Å². The van der Waals surface area contributed by atoms with E-state index in [1.165, 1.54) is 0 Å². The van der Waals surface area contributed by atoms with Crippen molar-refractivity contribution in [3.63, 3.8) is 0 Å². The largest absolute Gasteiger partial charge is 0.497 e. The number of nitrogens with zero attached hydrogens (tertiary/aromatic N) is 3.